The quantitative estimate of drug-likeness (QED) is 0.760. The average Bonchev–Trinajstić information content (AvgIpc) is 2.61. The first-order chi connectivity index (χ1) is 12.1. The fourth-order valence-corrected chi connectivity index (χ4v) is 7.19. The number of piperidine rings is 1. The molecule has 1 aromatic rings. The van der Waals surface area contributed by atoms with Gasteiger partial charge in [-0.15, -0.1) is 0 Å². The van der Waals surface area contributed by atoms with E-state index in [0.29, 0.717) is 5.91 Å². The molecular formula is C23H31NO. The van der Waals surface area contributed by atoms with Crippen LogP contribution in [0.2, 0.25) is 0 Å². The van der Waals surface area contributed by atoms with E-state index in [2.05, 4.69) is 42.2 Å². The zero-order valence-corrected chi connectivity index (χ0v) is 15.5. The Morgan fingerprint density at radius 2 is 1.64 bits per heavy atom. The van der Waals surface area contributed by atoms with Gasteiger partial charge in [0.25, 0.3) is 0 Å². The van der Waals surface area contributed by atoms with Crippen molar-refractivity contribution in [3.05, 3.63) is 35.9 Å². The highest BCUT2D eigenvalue weighted by Gasteiger charge is 2.61. The van der Waals surface area contributed by atoms with Gasteiger partial charge in [-0.2, -0.15) is 0 Å². The minimum Gasteiger partial charge on any atom is -0.342 e. The minimum atomic E-state index is -0.0412. The zero-order chi connectivity index (χ0) is 17.1. The van der Waals surface area contributed by atoms with E-state index in [1.54, 1.807) is 0 Å². The highest BCUT2D eigenvalue weighted by Crippen LogP contribution is 2.66. The van der Waals surface area contributed by atoms with Crippen molar-refractivity contribution in [2.45, 2.75) is 63.7 Å². The van der Waals surface area contributed by atoms with Crippen molar-refractivity contribution in [2.24, 2.45) is 23.2 Å². The number of hydrogen-bond donors (Lipinski definition) is 0. The molecule has 4 aliphatic carbocycles. The first-order valence-electron chi connectivity index (χ1n) is 10.4. The molecule has 2 heteroatoms. The number of likely N-dealkylation sites (tertiary alicyclic amines) is 1. The first-order valence-corrected chi connectivity index (χ1v) is 10.4. The Hall–Kier alpha value is -1.31. The molecule has 5 fully saturated rings. The van der Waals surface area contributed by atoms with E-state index in [4.69, 9.17) is 0 Å². The molecule has 4 bridgehead atoms. The molecule has 1 aliphatic heterocycles. The maximum absolute atomic E-state index is 13.7. The van der Waals surface area contributed by atoms with Gasteiger partial charge in [-0.3, -0.25) is 4.79 Å². The molecule has 25 heavy (non-hydrogen) atoms. The van der Waals surface area contributed by atoms with Crippen LogP contribution in [0.5, 0.6) is 0 Å². The SMILES string of the molecule is CC1CCN(C(=O)C23C[C@@H]4C[C@@H](C2)CC(c2ccccc2)(C4)C3)CC1. The Bertz CT molecular complexity index is 644. The van der Waals surface area contributed by atoms with Gasteiger partial charge in [0.05, 0.1) is 5.41 Å². The monoisotopic (exact) mass is 337 g/mol. The molecule has 2 nitrogen and oxygen atoms in total. The summed E-state index contributed by atoms with van der Waals surface area (Å²) >= 11 is 0. The van der Waals surface area contributed by atoms with Crippen LogP contribution < -0.4 is 0 Å². The van der Waals surface area contributed by atoms with E-state index in [-0.39, 0.29) is 10.8 Å². The molecule has 1 heterocycles. The third-order valence-electron chi connectivity index (χ3n) is 7.97. The summed E-state index contributed by atoms with van der Waals surface area (Å²) in [5.74, 6) is 2.85. The molecule has 1 saturated heterocycles. The van der Waals surface area contributed by atoms with E-state index < -0.39 is 0 Å². The van der Waals surface area contributed by atoms with Gasteiger partial charge >= 0.3 is 0 Å². The third-order valence-corrected chi connectivity index (χ3v) is 7.97. The van der Waals surface area contributed by atoms with Crippen LogP contribution in [-0.2, 0) is 10.2 Å². The lowest BCUT2D eigenvalue weighted by molar-refractivity contribution is -0.161. The van der Waals surface area contributed by atoms with E-state index in [1.165, 1.54) is 50.5 Å². The summed E-state index contributed by atoms with van der Waals surface area (Å²) in [6, 6.07) is 11.2. The number of carbonyl (C=O) groups excluding carboxylic acids is 1. The lowest BCUT2D eigenvalue weighted by Gasteiger charge is -2.62. The summed E-state index contributed by atoms with van der Waals surface area (Å²) in [6.45, 7) is 4.32. The Morgan fingerprint density at radius 1 is 1.00 bits per heavy atom. The van der Waals surface area contributed by atoms with Crippen LogP contribution in [0.4, 0.5) is 0 Å². The van der Waals surface area contributed by atoms with Crippen molar-refractivity contribution >= 4 is 5.91 Å². The molecule has 1 aromatic carbocycles. The number of amides is 1. The predicted octanol–water partition coefficient (Wildman–Crippen LogP) is 4.78. The second-order valence-electron chi connectivity index (χ2n) is 9.86. The molecule has 0 unspecified atom stereocenters. The number of hydrogen-bond acceptors (Lipinski definition) is 1. The van der Waals surface area contributed by atoms with Crippen LogP contribution >= 0.6 is 0 Å². The van der Waals surface area contributed by atoms with Gasteiger partial charge in [-0.1, -0.05) is 37.3 Å². The normalized spacial score (nSPS) is 40.4. The van der Waals surface area contributed by atoms with E-state index in [0.717, 1.165) is 37.3 Å². The molecule has 0 aromatic heterocycles. The van der Waals surface area contributed by atoms with Crippen LogP contribution in [0.1, 0.15) is 63.9 Å². The van der Waals surface area contributed by atoms with Gasteiger partial charge in [0.2, 0.25) is 5.91 Å². The standard InChI is InChI=1S/C23H31NO/c1-17-7-9-24(10-8-17)21(25)23-14-18-11-19(15-23)13-22(12-18,16-23)20-5-3-2-4-6-20/h2-6,17-19H,7-16H2,1H3/t18-,19-,22?,23?/m1/s1. The lowest BCUT2D eigenvalue weighted by Crippen LogP contribution is -2.60. The van der Waals surface area contributed by atoms with Crippen LogP contribution in [0.3, 0.4) is 0 Å². The predicted molar refractivity (Wildman–Crippen MR) is 100 cm³/mol. The second kappa shape index (κ2) is 5.59. The van der Waals surface area contributed by atoms with E-state index in [9.17, 15) is 4.79 Å². The highest BCUT2D eigenvalue weighted by atomic mass is 16.2. The third kappa shape index (κ3) is 2.47. The summed E-state index contributed by atoms with van der Waals surface area (Å²) in [7, 11) is 0. The summed E-state index contributed by atoms with van der Waals surface area (Å²) < 4.78 is 0. The second-order valence-corrected chi connectivity index (χ2v) is 9.86. The Morgan fingerprint density at radius 3 is 2.28 bits per heavy atom. The van der Waals surface area contributed by atoms with Crippen molar-refractivity contribution in [1.82, 2.24) is 4.90 Å². The number of benzene rings is 1. The summed E-state index contributed by atoms with van der Waals surface area (Å²) in [5, 5.41) is 0. The molecule has 0 spiro atoms. The maximum atomic E-state index is 13.7. The van der Waals surface area contributed by atoms with Gasteiger partial charge in [0.15, 0.2) is 0 Å². The molecule has 0 N–H and O–H groups in total. The molecule has 2 atom stereocenters. The van der Waals surface area contributed by atoms with Gasteiger partial charge < -0.3 is 4.90 Å². The molecule has 134 valence electrons. The molecule has 5 aliphatic rings. The topological polar surface area (TPSA) is 20.3 Å². The van der Waals surface area contributed by atoms with E-state index >= 15 is 0 Å². The van der Waals surface area contributed by atoms with Gasteiger partial charge in [-0.05, 0) is 80.1 Å². The van der Waals surface area contributed by atoms with Crippen molar-refractivity contribution in [3.8, 4) is 0 Å². The van der Waals surface area contributed by atoms with Crippen LogP contribution in [0, 0.1) is 23.2 Å². The maximum Gasteiger partial charge on any atom is 0.228 e. The van der Waals surface area contributed by atoms with Gasteiger partial charge in [0.1, 0.15) is 0 Å². The molecule has 6 rings (SSSR count). The fraction of sp³-hybridized carbons (Fsp3) is 0.696. The molecule has 1 amide bonds. The van der Waals surface area contributed by atoms with Gasteiger partial charge in [-0.25, -0.2) is 0 Å². The van der Waals surface area contributed by atoms with Crippen molar-refractivity contribution in [2.75, 3.05) is 13.1 Å². The Balaban J connectivity index is 1.47. The summed E-state index contributed by atoms with van der Waals surface area (Å²) in [6.07, 6.45) is 9.85. The Kier molecular flexibility index (Phi) is 3.56. The van der Waals surface area contributed by atoms with Crippen molar-refractivity contribution in [3.63, 3.8) is 0 Å². The molecule has 4 saturated carbocycles. The van der Waals surface area contributed by atoms with Crippen LogP contribution in [0.15, 0.2) is 30.3 Å². The molecular weight excluding hydrogens is 306 g/mol. The van der Waals surface area contributed by atoms with Crippen molar-refractivity contribution < 1.29 is 4.79 Å². The van der Waals surface area contributed by atoms with Crippen molar-refractivity contribution in [1.29, 1.82) is 0 Å². The fourth-order valence-electron chi connectivity index (χ4n) is 7.19. The Labute approximate surface area is 152 Å². The van der Waals surface area contributed by atoms with Crippen LogP contribution in [-0.4, -0.2) is 23.9 Å². The summed E-state index contributed by atoms with van der Waals surface area (Å²) in [5.41, 5.74) is 1.75. The lowest BCUT2D eigenvalue weighted by atomic mass is 9.42. The number of nitrogens with zero attached hydrogens (tertiary/aromatic N) is 1. The smallest absolute Gasteiger partial charge is 0.228 e. The largest absolute Gasteiger partial charge is 0.342 e. The first kappa shape index (κ1) is 15.9. The summed E-state index contributed by atoms with van der Waals surface area (Å²) in [4.78, 5) is 15.9. The highest BCUT2D eigenvalue weighted by molar-refractivity contribution is 5.83. The minimum absolute atomic E-state index is 0.0412. The number of carbonyl (C=O) groups is 1. The van der Waals surface area contributed by atoms with Gasteiger partial charge in [0, 0.05) is 13.1 Å². The average molecular weight is 338 g/mol. The van der Waals surface area contributed by atoms with E-state index in [1.807, 2.05) is 0 Å². The zero-order valence-electron chi connectivity index (χ0n) is 15.5. The van der Waals surface area contributed by atoms with Crippen LogP contribution in [0.25, 0.3) is 0 Å². The number of rotatable bonds is 2. The molecule has 0 radical (unpaired) electrons.